The molecule has 20 heavy (non-hydrogen) atoms. The average Bonchev–Trinajstić information content (AvgIpc) is 2.67. The van der Waals surface area contributed by atoms with Gasteiger partial charge in [0.25, 0.3) is 0 Å². The van der Waals surface area contributed by atoms with Crippen LogP contribution in [0.3, 0.4) is 0 Å². The largest absolute Gasteiger partial charge is 0.484 e. The number of nitrogens with two attached hydrogens (primary N) is 1. The van der Waals surface area contributed by atoms with E-state index < -0.39 is 5.82 Å². The molecule has 0 aliphatic rings. The molecule has 0 spiro atoms. The smallest absolute Gasteiger partial charge is 0.167 e. The first-order valence-corrected chi connectivity index (χ1v) is 6.70. The summed E-state index contributed by atoms with van der Waals surface area (Å²) >= 11 is 6.22. The second kappa shape index (κ2) is 5.71. The maximum absolute atomic E-state index is 13.7. The molecule has 1 aromatic carbocycles. The van der Waals surface area contributed by atoms with Gasteiger partial charge in [0.2, 0.25) is 0 Å². The van der Waals surface area contributed by atoms with E-state index in [0.29, 0.717) is 10.7 Å². The van der Waals surface area contributed by atoms with Crippen molar-refractivity contribution < 1.29 is 9.13 Å². The molecule has 1 heterocycles. The number of anilines is 1. The van der Waals surface area contributed by atoms with Crippen LogP contribution in [0.2, 0.25) is 5.02 Å². The van der Waals surface area contributed by atoms with Gasteiger partial charge in [0.1, 0.15) is 6.61 Å². The number of hydrogen-bond donors (Lipinski definition) is 1. The molecule has 108 valence electrons. The predicted molar refractivity (Wildman–Crippen MR) is 77.5 cm³/mol. The minimum atomic E-state index is -0.484. The number of nitrogen functional groups attached to an aromatic ring is 1. The number of aryl methyl sites for hydroxylation is 3. The van der Waals surface area contributed by atoms with Gasteiger partial charge in [0.15, 0.2) is 11.6 Å². The number of rotatable bonds is 4. The zero-order chi connectivity index (χ0) is 14.9. The van der Waals surface area contributed by atoms with Crippen LogP contribution in [0.15, 0.2) is 12.1 Å². The highest BCUT2D eigenvalue weighted by molar-refractivity contribution is 6.31. The Morgan fingerprint density at radius 2 is 2.15 bits per heavy atom. The molecular weight excluding hydrogens is 281 g/mol. The van der Waals surface area contributed by atoms with Crippen molar-refractivity contribution in [2.45, 2.75) is 26.9 Å². The van der Waals surface area contributed by atoms with Crippen molar-refractivity contribution in [2.24, 2.45) is 7.05 Å². The van der Waals surface area contributed by atoms with Crippen molar-refractivity contribution in [1.29, 1.82) is 0 Å². The van der Waals surface area contributed by atoms with Gasteiger partial charge in [0.05, 0.1) is 16.4 Å². The number of hydrogen-bond acceptors (Lipinski definition) is 3. The highest BCUT2D eigenvalue weighted by Gasteiger charge is 2.14. The number of halogens is 2. The van der Waals surface area contributed by atoms with Gasteiger partial charge in [-0.2, -0.15) is 5.10 Å². The van der Waals surface area contributed by atoms with E-state index in [1.807, 2.05) is 6.92 Å². The van der Waals surface area contributed by atoms with Crippen molar-refractivity contribution in [1.82, 2.24) is 9.78 Å². The van der Waals surface area contributed by atoms with E-state index in [1.165, 1.54) is 6.07 Å². The topological polar surface area (TPSA) is 53.1 Å². The fourth-order valence-corrected chi connectivity index (χ4v) is 2.25. The number of benzene rings is 1. The van der Waals surface area contributed by atoms with Crippen LogP contribution in [0.1, 0.15) is 23.9 Å². The Hall–Kier alpha value is -1.75. The minimum absolute atomic E-state index is 0.155. The van der Waals surface area contributed by atoms with Gasteiger partial charge in [-0.25, -0.2) is 4.39 Å². The van der Waals surface area contributed by atoms with E-state index in [0.717, 1.165) is 23.4 Å². The molecule has 0 aliphatic carbocycles. The third-order valence-electron chi connectivity index (χ3n) is 3.19. The fourth-order valence-electron chi connectivity index (χ4n) is 1.90. The molecule has 2 N–H and O–H groups in total. The van der Waals surface area contributed by atoms with Crippen molar-refractivity contribution in [3.05, 3.63) is 39.9 Å². The van der Waals surface area contributed by atoms with Crippen LogP contribution in [-0.2, 0) is 20.1 Å². The molecule has 0 saturated carbocycles. The van der Waals surface area contributed by atoms with Gasteiger partial charge in [-0.15, -0.1) is 0 Å². The highest BCUT2D eigenvalue weighted by atomic mass is 35.5. The molecule has 6 heteroatoms. The molecule has 0 fully saturated rings. The Balaban J connectivity index is 2.21. The van der Waals surface area contributed by atoms with E-state index in [2.05, 4.69) is 5.10 Å². The summed E-state index contributed by atoms with van der Waals surface area (Å²) in [5.74, 6) is -0.325. The first kappa shape index (κ1) is 14.7. The molecular formula is C14H17ClFN3O. The molecule has 0 radical (unpaired) electrons. The summed E-state index contributed by atoms with van der Waals surface area (Å²) in [6.07, 6.45) is 0.738. The average molecular weight is 298 g/mol. The number of nitrogens with zero attached hydrogens (tertiary/aromatic N) is 2. The first-order valence-electron chi connectivity index (χ1n) is 6.32. The van der Waals surface area contributed by atoms with Gasteiger partial charge >= 0.3 is 0 Å². The molecule has 2 rings (SSSR count). The SMILES string of the molecule is CCc1nn(C)c(COc2cc(C)c(N)cc2F)c1Cl. The Kier molecular flexibility index (Phi) is 4.18. The van der Waals surface area contributed by atoms with E-state index in [-0.39, 0.29) is 12.4 Å². The van der Waals surface area contributed by atoms with Gasteiger partial charge < -0.3 is 10.5 Å². The van der Waals surface area contributed by atoms with Crippen molar-refractivity contribution >= 4 is 17.3 Å². The van der Waals surface area contributed by atoms with Crippen LogP contribution >= 0.6 is 11.6 Å². The van der Waals surface area contributed by atoms with Crippen molar-refractivity contribution in [3.8, 4) is 5.75 Å². The molecule has 0 bridgehead atoms. The Morgan fingerprint density at radius 3 is 2.75 bits per heavy atom. The van der Waals surface area contributed by atoms with Gasteiger partial charge in [-0.1, -0.05) is 18.5 Å². The van der Waals surface area contributed by atoms with Crippen molar-refractivity contribution in [3.63, 3.8) is 0 Å². The normalized spacial score (nSPS) is 10.8. The maximum atomic E-state index is 13.7. The summed E-state index contributed by atoms with van der Waals surface area (Å²) in [7, 11) is 1.79. The molecule has 0 saturated heterocycles. The molecule has 4 nitrogen and oxygen atoms in total. The Labute approximate surface area is 122 Å². The predicted octanol–water partition coefficient (Wildman–Crippen LogP) is 3.24. The second-order valence-electron chi connectivity index (χ2n) is 4.61. The third kappa shape index (κ3) is 2.72. The lowest BCUT2D eigenvalue weighted by atomic mass is 10.2. The molecule has 0 amide bonds. The van der Waals surface area contributed by atoms with E-state index >= 15 is 0 Å². The van der Waals surface area contributed by atoms with Gasteiger partial charge in [-0.05, 0) is 25.0 Å². The van der Waals surface area contributed by atoms with E-state index in [1.54, 1.807) is 24.7 Å². The van der Waals surface area contributed by atoms with Crippen molar-refractivity contribution in [2.75, 3.05) is 5.73 Å². The Bertz CT molecular complexity index is 640. The number of ether oxygens (including phenoxy) is 1. The second-order valence-corrected chi connectivity index (χ2v) is 4.99. The summed E-state index contributed by atoms with van der Waals surface area (Å²) in [6.45, 7) is 3.93. The van der Waals surface area contributed by atoms with Gasteiger partial charge in [-0.3, -0.25) is 4.68 Å². The molecule has 1 aromatic heterocycles. The zero-order valence-corrected chi connectivity index (χ0v) is 12.5. The Morgan fingerprint density at radius 1 is 1.45 bits per heavy atom. The molecule has 0 atom stereocenters. The first-order chi connectivity index (χ1) is 9.43. The summed E-state index contributed by atoms with van der Waals surface area (Å²) in [5.41, 5.74) is 8.34. The lowest BCUT2D eigenvalue weighted by molar-refractivity contribution is 0.280. The van der Waals surface area contributed by atoms with Gasteiger partial charge in [0, 0.05) is 18.8 Å². The lowest BCUT2D eigenvalue weighted by Crippen LogP contribution is -2.05. The summed E-state index contributed by atoms with van der Waals surface area (Å²) in [4.78, 5) is 0. The van der Waals surface area contributed by atoms with Crippen LogP contribution < -0.4 is 10.5 Å². The standard InChI is InChI=1S/C14H17ClFN3O/c1-4-11-14(15)12(19(3)18-11)7-20-13-5-8(2)10(17)6-9(13)16/h5-6H,4,7,17H2,1-3H3. The minimum Gasteiger partial charge on any atom is -0.484 e. The van der Waals surface area contributed by atoms with Crippen LogP contribution in [0.4, 0.5) is 10.1 Å². The van der Waals surface area contributed by atoms with Crippen LogP contribution in [0, 0.1) is 12.7 Å². The highest BCUT2D eigenvalue weighted by Crippen LogP contribution is 2.26. The molecule has 0 unspecified atom stereocenters. The van der Waals surface area contributed by atoms with Crippen LogP contribution in [0.25, 0.3) is 0 Å². The van der Waals surface area contributed by atoms with E-state index in [9.17, 15) is 4.39 Å². The molecule has 2 aromatic rings. The lowest BCUT2D eigenvalue weighted by Gasteiger charge is -2.10. The van der Waals surface area contributed by atoms with E-state index in [4.69, 9.17) is 22.1 Å². The summed E-state index contributed by atoms with van der Waals surface area (Å²) in [6, 6.07) is 2.84. The summed E-state index contributed by atoms with van der Waals surface area (Å²) in [5, 5.41) is 4.86. The third-order valence-corrected chi connectivity index (χ3v) is 3.62. The quantitative estimate of drug-likeness (QED) is 0.881. The fraction of sp³-hybridized carbons (Fsp3) is 0.357. The molecule has 0 aliphatic heterocycles. The van der Waals surface area contributed by atoms with Crippen LogP contribution in [0.5, 0.6) is 5.75 Å². The zero-order valence-electron chi connectivity index (χ0n) is 11.7. The van der Waals surface area contributed by atoms with Crippen LogP contribution in [-0.4, -0.2) is 9.78 Å². The number of aromatic nitrogens is 2. The summed E-state index contributed by atoms with van der Waals surface area (Å²) < 4.78 is 20.9. The maximum Gasteiger partial charge on any atom is 0.167 e. The monoisotopic (exact) mass is 297 g/mol.